The van der Waals surface area contributed by atoms with E-state index in [0.717, 1.165) is 43.9 Å². The average molecular weight is 948 g/mol. The topological polar surface area (TPSA) is 217 Å². The number of allylic oxidation sites excluding steroid dienone is 2. The SMILES string of the molecule is CCn1c(C2=C([C@H](C)OC)N=C=CC2)c2c3cc(ccc31)-c1cc(O)cc(c1)C[C@H](NC(=O)[C@H](C(C)C)N(C)C(=O)N1CCN(C(=O)[C@H]3CN3)CC1=O)C(=O)N1CCC[C@H](N1)C(=O)OCC(C)(C)C2. The lowest BCUT2D eigenvalue weighted by Crippen LogP contribution is -2.63. The fourth-order valence-corrected chi connectivity index (χ4v) is 10.2. The monoisotopic (exact) mass is 947 g/mol. The normalized spacial score (nSPS) is 22.7. The van der Waals surface area contributed by atoms with Gasteiger partial charge in [-0.2, -0.15) is 0 Å². The highest BCUT2D eigenvalue weighted by Crippen LogP contribution is 2.41. The van der Waals surface area contributed by atoms with Gasteiger partial charge in [-0.1, -0.05) is 39.8 Å². The Kier molecular flexibility index (Phi) is 14.2. The minimum absolute atomic E-state index is 0.0330. The van der Waals surface area contributed by atoms with E-state index in [1.807, 2.05) is 25.1 Å². The highest BCUT2D eigenvalue weighted by atomic mass is 16.5. The summed E-state index contributed by atoms with van der Waals surface area (Å²) in [6, 6.07) is 7.11. The van der Waals surface area contributed by atoms with Gasteiger partial charge in [0.25, 0.3) is 5.91 Å². The number of cyclic esters (lactones) is 1. The van der Waals surface area contributed by atoms with Crippen molar-refractivity contribution < 1.29 is 43.3 Å². The summed E-state index contributed by atoms with van der Waals surface area (Å²) in [4.78, 5) is 91.6. The number of piperazine rings is 1. The first-order valence-electron chi connectivity index (χ1n) is 24.1. The maximum atomic E-state index is 14.8. The van der Waals surface area contributed by atoms with Crippen LogP contribution in [0.4, 0.5) is 4.79 Å². The second kappa shape index (κ2) is 19.9. The van der Waals surface area contributed by atoms with Crippen LogP contribution < -0.4 is 16.1 Å². The molecule has 5 atom stereocenters. The minimum Gasteiger partial charge on any atom is -0.508 e. The van der Waals surface area contributed by atoms with Crippen molar-refractivity contribution >= 4 is 58.0 Å². The van der Waals surface area contributed by atoms with Gasteiger partial charge in [-0.3, -0.25) is 33.9 Å². The van der Waals surface area contributed by atoms with Gasteiger partial charge < -0.3 is 39.6 Å². The maximum Gasteiger partial charge on any atom is 0.327 e. The third kappa shape index (κ3) is 10.2. The van der Waals surface area contributed by atoms with Crippen LogP contribution in [0.15, 0.2) is 53.2 Å². The number of likely N-dealkylation sites (N-methyl/N-ethyl adjacent to an activating group) is 1. The summed E-state index contributed by atoms with van der Waals surface area (Å²) < 4.78 is 14.2. The molecular formula is C51H65N9O9. The Morgan fingerprint density at radius 3 is 2.54 bits per heavy atom. The number of nitrogens with one attached hydrogen (secondary N) is 3. The molecule has 0 unspecified atom stereocenters. The molecule has 1 aromatic heterocycles. The molecular weight excluding hydrogens is 883 g/mol. The second-order valence-electron chi connectivity index (χ2n) is 20.0. The van der Waals surface area contributed by atoms with Gasteiger partial charge in [-0.05, 0) is 97.5 Å². The predicted molar refractivity (Wildman–Crippen MR) is 259 cm³/mol. The van der Waals surface area contributed by atoms with E-state index in [-0.39, 0.29) is 63.0 Å². The molecule has 0 saturated carbocycles. The quantitative estimate of drug-likeness (QED) is 0.179. The molecule has 3 aromatic rings. The van der Waals surface area contributed by atoms with Crippen LogP contribution in [0.5, 0.6) is 5.75 Å². The molecule has 2 aromatic carbocycles. The summed E-state index contributed by atoms with van der Waals surface area (Å²) in [5.74, 6) is 0.127. The van der Waals surface area contributed by atoms with Gasteiger partial charge in [0, 0.05) is 81.6 Å². The van der Waals surface area contributed by atoms with E-state index in [2.05, 4.69) is 59.4 Å². The van der Waals surface area contributed by atoms with Gasteiger partial charge in [0.15, 0.2) is 0 Å². The molecule has 8 rings (SSSR count). The third-order valence-corrected chi connectivity index (χ3v) is 13.9. The number of aromatic nitrogens is 1. The number of amides is 6. The summed E-state index contributed by atoms with van der Waals surface area (Å²) in [5.41, 5.74) is 9.49. The number of aryl methyl sites for hydroxylation is 1. The first kappa shape index (κ1) is 49.1. The number of urea groups is 1. The zero-order valence-corrected chi connectivity index (χ0v) is 40.9. The van der Waals surface area contributed by atoms with Crippen molar-refractivity contribution in [1.29, 1.82) is 0 Å². The van der Waals surface area contributed by atoms with E-state index in [4.69, 9.17) is 14.5 Å². The summed E-state index contributed by atoms with van der Waals surface area (Å²) in [6.45, 7) is 13.2. The van der Waals surface area contributed by atoms with Gasteiger partial charge in [0.05, 0.1) is 30.1 Å². The number of phenols is 1. The van der Waals surface area contributed by atoms with Crippen LogP contribution in [0.25, 0.3) is 27.6 Å². The molecule has 3 saturated heterocycles. The number of phenolic OH excluding ortho intramolecular Hbond substituents is 1. The molecule has 368 valence electrons. The number of aromatic hydroxyl groups is 1. The molecule has 4 N–H and O–H groups in total. The molecule has 6 amide bonds. The van der Waals surface area contributed by atoms with E-state index in [1.54, 1.807) is 33.1 Å². The van der Waals surface area contributed by atoms with E-state index in [0.29, 0.717) is 49.9 Å². The van der Waals surface area contributed by atoms with Crippen LogP contribution in [-0.2, 0) is 52.8 Å². The van der Waals surface area contributed by atoms with Crippen molar-refractivity contribution in [2.45, 2.75) is 110 Å². The number of rotatable bonds is 9. The van der Waals surface area contributed by atoms with Crippen LogP contribution in [0.1, 0.15) is 77.6 Å². The molecule has 3 fully saturated rings. The first-order valence-corrected chi connectivity index (χ1v) is 24.1. The zero-order chi connectivity index (χ0) is 49.5. The average Bonchev–Trinajstić information content (AvgIpc) is 4.14. The fraction of sp³-hybridized carbons (Fsp3) is 0.529. The number of hydrazine groups is 1. The summed E-state index contributed by atoms with van der Waals surface area (Å²) in [5, 5.41) is 19.6. The predicted octanol–water partition coefficient (Wildman–Crippen LogP) is 3.78. The number of carbonyl (C=O) groups is 6. The first-order chi connectivity index (χ1) is 32.9. The largest absolute Gasteiger partial charge is 0.508 e. The number of imide groups is 1. The van der Waals surface area contributed by atoms with E-state index in [1.165, 1.54) is 21.9 Å². The molecule has 18 nitrogen and oxygen atoms in total. The third-order valence-electron chi connectivity index (χ3n) is 13.9. The Bertz CT molecular complexity index is 2660. The van der Waals surface area contributed by atoms with E-state index >= 15 is 0 Å². The lowest BCUT2D eigenvalue weighted by atomic mass is 9.83. The molecule has 5 aliphatic heterocycles. The van der Waals surface area contributed by atoms with Gasteiger partial charge in [-0.25, -0.2) is 15.2 Å². The minimum atomic E-state index is -1.23. The summed E-state index contributed by atoms with van der Waals surface area (Å²) in [6.07, 6.45) is 3.58. The van der Waals surface area contributed by atoms with Crippen LogP contribution in [0.2, 0.25) is 0 Å². The number of hydrogen-bond acceptors (Lipinski definition) is 12. The Hall–Kier alpha value is -6.33. The Labute approximate surface area is 402 Å². The standard InChI is InChI=1S/C51H65N9O9/c1-9-58-41-15-14-32-24-36(41)37(45(58)35-12-10-16-52-43(35)30(4)68-8)25-51(5,6)28-69-49(66)38-13-11-17-60(55-38)48(65)39(22-31-20-33(32)23-34(61)21-31)54-46(63)44(29(2)3)56(7)50(67)59-19-18-57(27-42(59)62)47(64)40-26-53-40/h10,14-15,20-21,23-24,29-30,38-40,44,53,55,61H,9,11-13,17-19,22,25-28H2,1-8H3,(H,54,63)/t30-,38-,39-,40+,44-/m0/s1. The highest BCUT2D eigenvalue weighted by molar-refractivity contribution is 6.00. The zero-order valence-electron chi connectivity index (χ0n) is 40.9. The van der Waals surface area contributed by atoms with Gasteiger partial charge in [0.2, 0.25) is 17.7 Å². The van der Waals surface area contributed by atoms with Crippen LogP contribution >= 0.6 is 0 Å². The molecule has 18 heteroatoms. The van der Waals surface area contributed by atoms with E-state index in [9.17, 15) is 33.9 Å². The van der Waals surface area contributed by atoms with Crippen molar-refractivity contribution in [2.24, 2.45) is 16.3 Å². The maximum absolute atomic E-state index is 14.8. The molecule has 6 heterocycles. The number of hydrogen-bond donors (Lipinski definition) is 4. The molecule has 0 aliphatic carbocycles. The van der Waals surface area contributed by atoms with Crippen LogP contribution in [-0.4, -0.2) is 155 Å². The molecule has 6 bridgehead atoms. The van der Waals surface area contributed by atoms with Gasteiger partial charge in [-0.15, -0.1) is 0 Å². The lowest BCUT2D eigenvalue weighted by molar-refractivity contribution is -0.155. The molecule has 0 radical (unpaired) electrons. The number of methoxy groups -OCH3 is 1. The van der Waals surface area contributed by atoms with Crippen molar-refractivity contribution in [3.05, 3.63) is 65.0 Å². The molecule has 69 heavy (non-hydrogen) atoms. The summed E-state index contributed by atoms with van der Waals surface area (Å²) in [7, 11) is 3.11. The van der Waals surface area contributed by atoms with E-state index < -0.39 is 59.2 Å². The van der Waals surface area contributed by atoms with Gasteiger partial charge >= 0.3 is 12.0 Å². The number of esters is 1. The Morgan fingerprint density at radius 1 is 1.07 bits per heavy atom. The Morgan fingerprint density at radius 2 is 1.84 bits per heavy atom. The number of fused-ring (bicyclic) bond motifs is 6. The Balaban J connectivity index is 1.17. The number of carbonyl (C=O) groups excluding carboxylic acids is 6. The second-order valence-corrected chi connectivity index (χ2v) is 20.0. The smallest absolute Gasteiger partial charge is 0.327 e. The fourth-order valence-electron chi connectivity index (χ4n) is 10.2. The molecule has 5 aliphatic rings. The van der Waals surface area contributed by atoms with Crippen molar-refractivity contribution in [1.82, 2.24) is 40.3 Å². The van der Waals surface area contributed by atoms with Crippen LogP contribution in [0.3, 0.4) is 0 Å². The van der Waals surface area contributed by atoms with Crippen molar-refractivity contribution in [3.63, 3.8) is 0 Å². The lowest BCUT2D eigenvalue weighted by Gasteiger charge is -2.39. The number of ether oxygens (including phenoxy) is 2. The number of benzene rings is 2. The van der Waals surface area contributed by atoms with Crippen LogP contribution in [0, 0.1) is 11.3 Å². The highest BCUT2D eigenvalue weighted by Gasteiger charge is 2.42. The number of aliphatic imine (C=N–C) groups is 1. The van der Waals surface area contributed by atoms with Crippen molar-refractivity contribution in [2.75, 3.05) is 53.5 Å². The number of nitrogens with zero attached hydrogens (tertiary/aromatic N) is 6. The summed E-state index contributed by atoms with van der Waals surface area (Å²) >= 11 is 0. The van der Waals surface area contributed by atoms with Crippen molar-refractivity contribution in [3.8, 4) is 16.9 Å². The van der Waals surface area contributed by atoms with Gasteiger partial charge in [0.1, 0.15) is 30.4 Å². The molecule has 0 spiro atoms.